The number of pyridine rings is 4. The first-order valence-corrected chi connectivity index (χ1v) is 12.7. The molecule has 5 nitrogen and oxygen atoms in total. The predicted molar refractivity (Wildman–Crippen MR) is 123 cm³/mol. The van der Waals surface area contributed by atoms with Crippen LogP contribution in [0.4, 0.5) is 0 Å². The second-order valence-corrected chi connectivity index (χ2v) is 6.31. The molecule has 4 heterocycles. The van der Waals surface area contributed by atoms with Crippen molar-refractivity contribution in [1.82, 2.24) is 24.8 Å². The van der Waals surface area contributed by atoms with Gasteiger partial charge in [0.05, 0.1) is 11.4 Å². The van der Waals surface area contributed by atoms with Crippen LogP contribution >= 0.6 is 9.64 Å². The van der Waals surface area contributed by atoms with E-state index in [0.29, 0.717) is 0 Å². The Bertz CT molecular complexity index is 816. The summed E-state index contributed by atoms with van der Waals surface area (Å²) >= 11 is 1.33. The molecule has 0 spiro atoms. The number of hydrogen-bond donors (Lipinski definition) is 0. The van der Waals surface area contributed by atoms with Gasteiger partial charge in [0.25, 0.3) is 0 Å². The van der Waals surface area contributed by atoms with E-state index in [1.165, 1.54) is 17.6 Å². The van der Waals surface area contributed by atoms with Crippen LogP contribution in [-0.2, 0) is 30.7 Å². The Balaban J connectivity index is 0.000000263. The van der Waals surface area contributed by atoms with Gasteiger partial charge in [-0.05, 0) is 62.5 Å². The van der Waals surface area contributed by atoms with Gasteiger partial charge >= 0.3 is 27.2 Å². The van der Waals surface area contributed by atoms with E-state index in [-0.39, 0.29) is 0 Å². The van der Waals surface area contributed by atoms with Crippen molar-refractivity contribution < 1.29 is 17.6 Å². The zero-order chi connectivity index (χ0) is 22.6. The quantitative estimate of drug-likeness (QED) is 0.315. The molecule has 0 aromatic carbocycles. The molecule has 0 N–H and O–H groups in total. The Morgan fingerprint density at radius 2 is 1.10 bits per heavy atom. The van der Waals surface area contributed by atoms with Crippen molar-refractivity contribution in [2.45, 2.75) is 20.0 Å². The summed E-state index contributed by atoms with van der Waals surface area (Å²) in [5.41, 5.74) is 3.24. The molecule has 0 bridgehead atoms. The largest absolute Gasteiger partial charge is 0.265 e. The van der Waals surface area contributed by atoms with Gasteiger partial charge < -0.3 is 0 Å². The maximum atomic E-state index is 4.67. The van der Waals surface area contributed by atoms with Crippen LogP contribution < -0.4 is 0 Å². The van der Waals surface area contributed by atoms with E-state index in [0.717, 1.165) is 30.2 Å². The molecule has 4 aromatic rings. The fourth-order valence-electron chi connectivity index (χ4n) is 2.35. The molecule has 4 rings (SSSR count). The summed E-state index contributed by atoms with van der Waals surface area (Å²) in [7, 11) is 6.74. The maximum Gasteiger partial charge on any atom is 0.0267 e. The van der Waals surface area contributed by atoms with Crippen molar-refractivity contribution in [2.24, 2.45) is 0 Å². The molecule has 0 atom stereocenters. The SMILES string of the molecule is CN(Cc1ccccn1)Cc1ccccn1.Cc1ccccn1.[Cl][Os].c1ccncc1. The fraction of sp³-hybridized carbons (Fsp3) is 0.167. The monoisotopic (exact) mass is 612 g/mol. The van der Waals surface area contributed by atoms with Gasteiger partial charge in [-0.3, -0.25) is 24.8 Å². The minimum absolute atomic E-state index is 0.845. The summed E-state index contributed by atoms with van der Waals surface area (Å²) in [5, 5.41) is 0. The average molecular weight is 611 g/mol. The van der Waals surface area contributed by atoms with Crippen molar-refractivity contribution in [3.05, 3.63) is 121 Å². The Hall–Kier alpha value is -2.51. The molecular weight excluding hydrogens is 584 g/mol. The first-order valence-electron chi connectivity index (χ1n) is 9.58. The van der Waals surface area contributed by atoms with Gasteiger partial charge in [-0.15, -0.1) is 0 Å². The summed E-state index contributed by atoms with van der Waals surface area (Å²) in [6, 6.07) is 23.5. The molecule has 31 heavy (non-hydrogen) atoms. The van der Waals surface area contributed by atoms with Crippen LogP contribution in [0.2, 0.25) is 0 Å². The van der Waals surface area contributed by atoms with Crippen LogP contribution in [-0.4, -0.2) is 31.9 Å². The summed E-state index contributed by atoms with van der Waals surface area (Å²) in [6.45, 7) is 3.66. The topological polar surface area (TPSA) is 54.8 Å². The van der Waals surface area contributed by atoms with E-state index >= 15 is 0 Å². The van der Waals surface area contributed by atoms with Crippen molar-refractivity contribution in [3.63, 3.8) is 0 Å². The molecule has 7 heteroatoms. The van der Waals surface area contributed by atoms with Crippen molar-refractivity contribution >= 4 is 9.64 Å². The second-order valence-electron chi connectivity index (χ2n) is 6.31. The van der Waals surface area contributed by atoms with E-state index in [1.807, 2.05) is 92.1 Å². The second kappa shape index (κ2) is 18.3. The number of halogens is 1. The fourth-order valence-corrected chi connectivity index (χ4v) is 2.35. The molecule has 0 fully saturated rings. The van der Waals surface area contributed by atoms with Gasteiger partial charge in [-0.25, -0.2) is 0 Å². The van der Waals surface area contributed by atoms with Crippen molar-refractivity contribution in [3.8, 4) is 0 Å². The van der Waals surface area contributed by atoms with Gasteiger partial charge in [0, 0.05) is 49.8 Å². The van der Waals surface area contributed by atoms with E-state index < -0.39 is 0 Å². The Labute approximate surface area is 199 Å². The van der Waals surface area contributed by atoms with E-state index in [4.69, 9.17) is 0 Å². The number of rotatable bonds is 4. The van der Waals surface area contributed by atoms with Gasteiger partial charge in [-0.1, -0.05) is 24.3 Å². The van der Waals surface area contributed by atoms with Crippen molar-refractivity contribution in [2.75, 3.05) is 7.05 Å². The van der Waals surface area contributed by atoms with Gasteiger partial charge in [0.15, 0.2) is 0 Å². The van der Waals surface area contributed by atoms with Gasteiger partial charge in [-0.2, -0.15) is 0 Å². The molecule has 4 aromatic heterocycles. The predicted octanol–water partition coefficient (Wildman–Crippen LogP) is 5.27. The summed E-state index contributed by atoms with van der Waals surface area (Å²) in [4.78, 5) is 18.6. The molecule has 0 amide bonds. The number of nitrogens with zero attached hydrogens (tertiary/aromatic N) is 5. The van der Waals surface area contributed by atoms with Gasteiger partial charge in [0.2, 0.25) is 0 Å². The van der Waals surface area contributed by atoms with Crippen LogP contribution in [0.15, 0.2) is 104 Å². The normalized spacial score (nSPS) is 9.19. The van der Waals surface area contributed by atoms with Crippen LogP contribution in [0.1, 0.15) is 17.1 Å². The minimum atomic E-state index is 0.845. The Morgan fingerprint density at radius 3 is 1.35 bits per heavy atom. The number of hydrogen-bond acceptors (Lipinski definition) is 5. The van der Waals surface area contributed by atoms with Crippen LogP contribution in [0.5, 0.6) is 0 Å². The summed E-state index contributed by atoms with van der Waals surface area (Å²) < 4.78 is 0. The molecule has 0 aliphatic rings. The first-order chi connectivity index (χ1) is 15.2. The third-order valence-electron chi connectivity index (χ3n) is 3.70. The molecule has 0 radical (unpaired) electrons. The molecule has 0 aliphatic heterocycles. The Morgan fingerprint density at radius 1 is 0.645 bits per heavy atom. The minimum Gasteiger partial charge on any atom is -0.265 e. The standard InChI is InChI=1S/C13H15N3.C6H7N.C5H5N.ClH.Os/c1-16(10-12-6-2-4-8-14-12)11-13-7-3-5-9-15-13;1-6-4-2-3-5-7-6;1-2-4-6-5-3-1;;/h2-9H,10-11H2,1H3;2-5H,1H3;1-5H;1H;/q;;;;+1/p-1. The summed E-state index contributed by atoms with van der Waals surface area (Å²) in [6.07, 6.45) is 8.93. The van der Waals surface area contributed by atoms with E-state index in [2.05, 4.69) is 41.5 Å². The van der Waals surface area contributed by atoms with Gasteiger partial charge in [0.1, 0.15) is 0 Å². The Kier molecular flexibility index (Phi) is 15.6. The molecule has 0 unspecified atom stereocenters. The zero-order valence-corrected chi connectivity index (χ0v) is 21.0. The smallest absolute Gasteiger partial charge is 0.0267 e. The summed E-state index contributed by atoms with van der Waals surface area (Å²) in [5.74, 6) is 0. The number of aryl methyl sites for hydroxylation is 1. The van der Waals surface area contributed by atoms with E-state index in [1.54, 1.807) is 18.6 Å². The number of aromatic nitrogens is 4. The molecule has 163 valence electrons. The third kappa shape index (κ3) is 14.2. The van der Waals surface area contributed by atoms with Crippen molar-refractivity contribution in [1.29, 1.82) is 0 Å². The van der Waals surface area contributed by atoms with Crippen LogP contribution in [0, 0.1) is 6.92 Å². The maximum absolute atomic E-state index is 4.67. The molecule has 0 aliphatic carbocycles. The molecule has 0 saturated carbocycles. The average Bonchev–Trinajstić information content (AvgIpc) is 2.84. The zero-order valence-electron chi connectivity index (χ0n) is 17.7. The van der Waals surface area contributed by atoms with E-state index in [9.17, 15) is 0 Å². The molecule has 0 saturated heterocycles. The van der Waals surface area contributed by atoms with Crippen LogP contribution in [0.25, 0.3) is 0 Å². The van der Waals surface area contributed by atoms with Crippen LogP contribution in [0.3, 0.4) is 0 Å². The third-order valence-corrected chi connectivity index (χ3v) is 3.70. The molecular formula is C24H27ClN5Os. The first kappa shape index (κ1) is 26.5.